The zero-order chi connectivity index (χ0) is 6.15. The highest BCUT2D eigenvalue weighted by Crippen LogP contribution is 2.20. The number of rotatable bonds is 0. The Kier molecular flexibility index (Phi) is 1.01. The van der Waals surface area contributed by atoms with Crippen molar-refractivity contribution < 1.29 is 9.52 Å². The molecule has 0 fully saturated rings. The molecule has 1 heterocycles. The van der Waals surface area contributed by atoms with E-state index in [-0.39, 0.29) is 5.75 Å². The summed E-state index contributed by atoms with van der Waals surface area (Å²) in [5.74, 6) is 1.02. The molecule has 0 spiro atoms. The number of aryl methyl sites for hydroxylation is 1. The van der Waals surface area contributed by atoms with Gasteiger partial charge in [0, 0.05) is 5.56 Å². The number of furan rings is 1. The van der Waals surface area contributed by atoms with Crippen molar-refractivity contribution in [1.29, 1.82) is 0 Å². The third-order valence-electron chi connectivity index (χ3n) is 1.26. The maximum Gasteiger partial charge on any atom is 0.156 e. The molecule has 0 aromatic carbocycles. The van der Waals surface area contributed by atoms with Crippen molar-refractivity contribution in [3.63, 3.8) is 0 Å². The Balaban J connectivity index is 3.19. The Morgan fingerprint density at radius 3 is 2.25 bits per heavy atom. The molecule has 0 saturated heterocycles. The van der Waals surface area contributed by atoms with Crippen LogP contribution in [0.4, 0.5) is 0 Å². The van der Waals surface area contributed by atoms with E-state index >= 15 is 0 Å². The minimum atomic E-state index is 0.238. The van der Waals surface area contributed by atoms with Crippen molar-refractivity contribution in [3.8, 4) is 5.75 Å². The minimum Gasteiger partial charge on any atom is -0.504 e. The fourth-order valence-corrected chi connectivity index (χ4v) is 0.501. The molecular formula is C6H8O2. The molecule has 0 amide bonds. The molecule has 0 aliphatic rings. The molecule has 1 rings (SSSR count). The van der Waals surface area contributed by atoms with E-state index < -0.39 is 0 Å². The standard InChI is InChI=1S/C6H8O2/c1-4-5(2)8-3-6(4)7/h3,7H,1-2H3. The van der Waals surface area contributed by atoms with Crippen LogP contribution in [0.15, 0.2) is 10.7 Å². The van der Waals surface area contributed by atoms with Gasteiger partial charge in [-0.2, -0.15) is 0 Å². The molecule has 0 aliphatic carbocycles. The molecule has 0 aliphatic heterocycles. The van der Waals surface area contributed by atoms with Crippen LogP contribution in [-0.2, 0) is 0 Å². The molecule has 2 heteroatoms. The van der Waals surface area contributed by atoms with E-state index in [1.165, 1.54) is 6.26 Å². The quantitative estimate of drug-likeness (QED) is 0.553. The largest absolute Gasteiger partial charge is 0.504 e. The van der Waals surface area contributed by atoms with E-state index in [0.29, 0.717) is 0 Å². The Morgan fingerprint density at radius 2 is 2.12 bits per heavy atom. The van der Waals surface area contributed by atoms with Gasteiger partial charge in [-0.3, -0.25) is 0 Å². The molecule has 1 aromatic heterocycles. The molecule has 0 saturated carbocycles. The fraction of sp³-hybridized carbons (Fsp3) is 0.333. The lowest BCUT2D eigenvalue weighted by molar-refractivity contribution is 0.454. The van der Waals surface area contributed by atoms with E-state index in [4.69, 9.17) is 9.52 Å². The van der Waals surface area contributed by atoms with Crippen LogP contribution in [0.2, 0.25) is 0 Å². The van der Waals surface area contributed by atoms with Crippen LogP contribution in [-0.4, -0.2) is 5.11 Å². The van der Waals surface area contributed by atoms with Crippen LogP contribution in [0.5, 0.6) is 5.75 Å². The number of aromatic hydroxyl groups is 1. The highest BCUT2D eigenvalue weighted by molar-refractivity contribution is 5.29. The van der Waals surface area contributed by atoms with Gasteiger partial charge in [-0.25, -0.2) is 0 Å². The SMILES string of the molecule is Cc1occ(O)c1C. The summed E-state index contributed by atoms with van der Waals surface area (Å²) in [6.45, 7) is 3.63. The molecule has 44 valence electrons. The van der Waals surface area contributed by atoms with E-state index in [1.54, 1.807) is 0 Å². The maximum absolute atomic E-state index is 8.85. The monoisotopic (exact) mass is 112 g/mol. The van der Waals surface area contributed by atoms with Gasteiger partial charge in [0.25, 0.3) is 0 Å². The highest BCUT2D eigenvalue weighted by Gasteiger charge is 2.00. The summed E-state index contributed by atoms with van der Waals surface area (Å²) in [6.07, 6.45) is 1.34. The van der Waals surface area contributed by atoms with Crippen molar-refractivity contribution in [1.82, 2.24) is 0 Å². The Morgan fingerprint density at radius 1 is 1.50 bits per heavy atom. The zero-order valence-electron chi connectivity index (χ0n) is 4.93. The molecule has 1 aromatic rings. The maximum atomic E-state index is 8.85. The van der Waals surface area contributed by atoms with Crippen LogP contribution in [0.3, 0.4) is 0 Å². The van der Waals surface area contributed by atoms with Gasteiger partial charge in [0.1, 0.15) is 12.0 Å². The average molecular weight is 112 g/mol. The van der Waals surface area contributed by atoms with Crippen LogP contribution >= 0.6 is 0 Å². The van der Waals surface area contributed by atoms with Gasteiger partial charge in [0.05, 0.1) is 0 Å². The number of hydrogen-bond donors (Lipinski definition) is 1. The molecule has 0 radical (unpaired) electrons. The van der Waals surface area contributed by atoms with Crippen molar-refractivity contribution in [2.24, 2.45) is 0 Å². The summed E-state index contributed by atoms with van der Waals surface area (Å²) in [5, 5.41) is 8.85. The molecule has 2 nitrogen and oxygen atoms in total. The highest BCUT2D eigenvalue weighted by atomic mass is 16.4. The van der Waals surface area contributed by atoms with Crippen LogP contribution < -0.4 is 0 Å². The number of hydrogen-bond acceptors (Lipinski definition) is 2. The Hall–Kier alpha value is -0.920. The fourth-order valence-electron chi connectivity index (χ4n) is 0.501. The van der Waals surface area contributed by atoms with Gasteiger partial charge in [-0.05, 0) is 13.8 Å². The predicted octanol–water partition coefficient (Wildman–Crippen LogP) is 1.60. The van der Waals surface area contributed by atoms with Crippen LogP contribution in [0.1, 0.15) is 11.3 Å². The lowest BCUT2D eigenvalue weighted by Gasteiger charge is -1.83. The van der Waals surface area contributed by atoms with Crippen LogP contribution in [0, 0.1) is 13.8 Å². The molecule has 0 atom stereocenters. The van der Waals surface area contributed by atoms with Gasteiger partial charge in [0.15, 0.2) is 5.75 Å². The first-order valence-corrected chi connectivity index (χ1v) is 2.45. The Labute approximate surface area is 47.7 Å². The third-order valence-corrected chi connectivity index (χ3v) is 1.26. The minimum absolute atomic E-state index is 0.238. The topological polar surface area (TPSA) is 33.4 Å². The van der Waals surface area contributed by atoms with E-state index in [0.717, 1.165) is 11.3 Å². The molecule has 1 N–H and O–H groups in total. The molecule has 0 bridgehead atoms. The predicted molar refractivity (Wildman–Crippen MR) is 29.8 cm³/mol. The first kappa shape index (κ1) is 5.22. The summed E-state index contributed by atoms with van der Waals surface area (Å²) in [4.78, 5) is 0. The van der Waals surface area contributed by atoms with Crippen LogP contribution in [0.25, 0.3) is 0 Å². The summed E-state index contributed by atoms with van der Waals surface area (Å²) < 4.78 is 4.84. The molecule has 0 unspecified atom stereocenters. The second-order valence-corrected chi connectivity index (χ2v) is 1.80. The first-order valence-electron chi connectivity index (χ1n) is 2.45. The van der Waals surface area contributed by atoms with Gasteiger partial charge in [-0.1, -0.05) is 0 Å². The smallest absolute Gasteiger partial charge is 0.156 e. The van der Waals surface area contributed by atoms with Gasteiger partial charge in [0.2, 0.25) is 0 Å². The van der Waals surface area contributed by atoms with Gasteiger partial charge < -0.3 is 9.52 Å². The first-order chi connectivity index (χ1) is 3.72. The third kappa shape index (κ3) is 0.579. The molecular weight excluding hydrogens is 104 g/mol. The average Bonchev–Trinajstić information content (AvgIpc) is 1.98. The second kappa shape index (κ2) is 1.54. The second-order valence-electron chi connectivity index (χ2n) is 1.80. The van der Waals surface area contributed by atoms with Crippen molar-refractivity contribution >= 4 is 0 Å². The van der Waals surface area contributed by atoms with E-state index in [9.17, 15) is 0 Å². The molecule has 8 heavy (non-hydrogen) atoms. The van der Waals surface area contributed by atoms with E-state index in [2.05, 4.69) is 0 Å². The summed E-state index contributed by atoms with van der Waals surface area (Å²) in [5.41, 5.74) is 0.824. The summed E-state index contributed by atoms with van der Waals surface area (Å²) in [6, 6.07) is 0. The summed E-state index contributed by atoms with van der Waals surface area (Å²) in [7, 11) is 0. The van der Waals surface area contributed by atoms with E-state index in [1.807, 2.05) is 13.8 Å². The lowest BCUT2D eigenvalue weighted by Crippen LogP contribution is -1.67. The summed E-state index contributed by atoms with van der Waals surface area (Å²) >= 11 is 0. The van der Waals surface area contributed by atoms with Gasteiger partial charge >= 0.3 is 0 Å². The lowest BCUT2D eigenvalue weighted by atomic mass is 10.3. The van der Waals surface area contributed by atoms with Gasteiger partial charge in [-0.15, -0.1) is 0 Å². The zero-order valence-corrected chi connectivity index (χ0v) is 4.93. The normalized spacial score (nSPS) is 9.75. The van der Waals surface area contributed by atoms with Crippen molar-refractivity contribution in [2.75, 3.05) is 0 Å². The Bertz CT molecular complexity index is 169. The van der Waals surface area contributed by atoms with Crippen molar-refractivity contribution in [2.45, 2.75) is 13.8 Å². The van der Waals surface area contributed by atoms with Crippen molar-refractivity contribution in [3.05, 3.63) is 17.6 Å².